The number of aromatic nitrogens is 2. The number of nitriles is 1. The van der Waals surface area contributed by atoms with E-state index < -0.39 is 11.8 Å². The predicted octanol–water partition coefficient (Wildman–Crippen LogP) is 0.279. The molecule has 0 saturated heterocycles. The molecule has 0 radical (unpaired) electrons. The molecule has 7 heteroatoms. The highest BCUT2D eigenvalue weighted by molar-refractivity contribution is 6.39. The zero-order chi connectivity index (χ0) is 13.0. The first kappa shape index (κ1) is 12.1. The van der Waals surface area contributed by atoms with Gasteiger partial charge in [0.2, 0.25) is 0 Å². The zero-order valence-corrected chi connectivity index (χ0v) is 9.69. The predicted molar refractivity (Wildman–Crippen MR) is 62.3 cm³/mol. The number of H-pyrrole nitrogens is 1. The molecule has 0 spiro atoms. The minimum atomic E-state index is -0.789. The molecular weight excluding hydrogens is 234 g/mol. The Morgan fingerprint density at radius 1 is 1.39 bits per heavy atom. The van der Waals surface area contributed by atoms with Crippen LogP contribution in [0.25, 0.3) is 0 Å². The number of anilines is 1. The second-order valence-corrected chi connectivity index (χ2v) is 4.18. The molecule has 0 unspecified atom stereocenters. The van der Waals surface area contributed by atoms with Crippen LogP contribution in [0.1, 0.15) is 31.2 Å². The summed E-state index contributed by atoms with van der Waals surface area (Å²) in [6.07, 6.45) is 5.25. The lowest BCUT2D eigenvalue weighted by molar-refractivity contribution is -0.136. The van der Waals surface area contributed by atoms with Crippen molar-refractivity contribution >= 4 is 17.6 Å². The monoisotopic (exact) mass is 247 g/mol. The van der Waals surface area contributed by atoms with Gasteiger partial charge in [0.1, 0.15) is 17.5 Å². The Hall–Kier alpha value is -2.36. The van der Waals surface area contributed by atoms with Crippen LogP contribution >= 0.6 is 0 Å². The van der Waals surface area contributed by atoms with E-state index in [2.05, 4.69) is 20.8 Å². The van der Waals surface area contributed by atoms with Gasteiger partial charge in [0, 0.05) is 6.04 Å². The molecule has 2 amide bonds. The Labute approximate surface area is 104 Å². The summed E-state index contributed by atoms with van der Waals surface area (Å²) in [6, 6.07) is 1.94. The summed E-state index contributed by atoms with van der Waals surface area (Å²) in [4.78, 5) is 23.2. The number of nitrogens with zero attached hydrogens (tertiary/aromatic N) is 2. The van der Waals surface area contributed by atoms with Crippen molar-refractivity contribution in [3.63, 3.8) is 0 Å². The van der Waals surface area contributed by atoms with Crippen LogP contribution in [0.2, 0.25) is 0 Å². The lowest BCUT2D eigenvalue weighted by Gasteiger charge is -2.11. The van der Waals surface area contributed by atoms with Crippen molar-refractivity contribution in [2.45, 2.75) is 31.7 Å². The summed E-state index contributed by atoms with van der Waals surface area (Å²) in [7, 11) is 0. The molecule has 1 aromatic rings. The maximum atomic E-state index is 11.6. The standard InChI is InChI=1S/C11H13N5O2/c12-5-7-6-13-16-9(7)15-11(18)10(17)14-8-3-1-2-4-8/h6,8H,1-4H2,(H,14,17)(H2,13,15,16,18). The number of hydrogen-bond donors (Lipinski definition) is 3. The van der Waals surface area contributed by atoms with Crippen molar-refractivity contribution in [1.29, 1.82) is 5.26 Å². The fraction of sp³-hybridized carbons (Fsp3) is 0.455. The van der Waals surface area contributed by atoms with Gasteiger partial charge in [0.05, 0.1) is 6.20 Å². The van der Waals surface area contributed by atoms with Crippen LogP contribution in [-0.4, -0.2) is 28.1 Å². The van der Waals surface area contributed by atoms with Crippen LogP contribution in [-0.2, 0) is 9.59 Å². The van der Waals surface area contributed by atoms with E-state index in [0.29, 0.717) is 0 Å². The zero-order valence-electron chi connectivity index (χ0n) is 9.69. The van der Waals surface area contributed by atoms with Gasteiger partial charge in [0.25, 0.3) is 0 Å². The van der Waals surface area contributed by atoms with Crippen molar-refractivity contribution in [1.82, 2.24) is 15.5 Å². The van der Waals surface area contributed by atoms with E-state index >= 15 is 0 Å². The van der Waals surface area contributed by atoms with E-state index in [1.807, 2.05) is 6.07 Å². The van der Waals surface area contributed by atoms with E-state index in [1.165, 1.54) is 6.20 Å². The number of hydrogen-bond acceptors (Lipinski definition) is 4. The molecule has 1 aromatic heterocycles. The molecule has 0 bridgehead atoms. The molecule has 94 valence electrons. The Bertz CT molecular complexity index is 496. The number of carbonyl (C=O) groups excluding carboxylic acids is 2. The van der Waals surface area contributed by atoms with Crippen LogP contribution in [0.15, 0.2) is 6.20 Å². The second-order valence-electron chi connectivity index (χ2n) is 4.18. The fourth-order valence-electron chi connectivity index (χ4n) is 1.96. The summed E-state index contributed by atoms with van der Waals surface area (Å²) in [6.45, 7) is 0. The quantitative estimate of drug-likeness (QED) is 0.652. The highest BCUT2D eigenvalue weighted by Gasteiger charge is 2.22. The average Bonchev–Trinajstić information content (AvgIpc) is 2.99. The second kappa shape index (κ2) is 5.31. The third-order valence-electron chi connectivity index (χ3n) is 2.89. The lowest BCUT2D eigenvalue weighted by atomic mass is 10.2. The van der Waals surface area contributed by atoms with Gasteiger partial charge in [-0.1, -0.05) is 12.8 Å². The van der Waals surface area contributed by atoms with Gasteiger partial charge in [-0.2, -0.15) is 10.4 Å². The minimum Gasteiger partial charge on any atom is -0.345 e. The summed E-state index contributed by atoms with van der Waals surface area (Å²) in [5, 5.41) is 19.8. The van der Waals surface area contributed by atoms with Gasteiger partial charge in [-0.25, -0.2) is 0 Å². The lowest BCUT2D eigenvalue weighted by Crippen LogP contribution is -2.40. The van der Waals surface area contributed by atoms with Crippen molar-refractivity contribution in [2.75, 3.05) is 5.32 Å². The molecule has 1 heterocycles. The van der Waals surface area contributed by atoms with Crippen LogP contribution in [0.3, 0.4) is 0 Å². The van der Waals surface area contributed by atoms with Crippen LogP contribution in [0, 0.1) is 11.3 Å². The maximum Gasteiger partial charge on any atom is 0.314 e. The first-order valence-corrected chi connectivity index (χ1v) is 5.76. The molecule has 2 rings (SSSR count). The number of rotatable bonds is 2. The van der Waals surface area contributed by atoms with E-state index in [0.717, 1.165) is 25.7 Å². The summed E-state index contributed by atoms with van der Waals surface area (Å²) in [5.41, 5.74) is 0.192. The molecular formula is C11H13N5O2. The van der Waals surface area contributed by atoms with Gasteiger partial charge in [-0.15, -0.1) is 0 Å². The van der Waals surface area contributed by atoms with Gasteiger partial charge in [-0.3, -0.25) is 14.7 Å². The number of carbonyl (C=O) groups is 2. The third kappa shape index (κ3) is 2.66. The topological polar surface area (TPSA) is 111 Å². The molecule has 0 aromatic carbocycles. The van der Waals surface area contributed by atoms with E-state index in [4.69, 9.17) is 5.26 Å². The Morgan fingerprint density at radius 2 is 2.11 bits per heavy atom. The maximum absolute atomic E-state index is 11.6. The molecule has 7 nitrogen and oxygen atoms in total. The molecule has 1 fully saturated rings. The molecule has 1 saturated carbocycles. The van der Waals surface area contributed by atoms with Gasteiger partial charge in [-0.05, 0) is 12.8 Å². The fourth-order valence-corrected chi connectivity index (χ4v) is 1.96. The van der Waals surface area contributed by atoms with E-state index in [1.54, 1.807) is 0 Å². The molecule has 0 atom stereocenters. The third-order valence-corrected chi connectivity index (χ3v) is 2.89. The molecule has 1 aliphatic carbocycles. The number of aromatic amines is 1. The van der Waals surface area contributed by atoms with Crippen molar-refractivity contribution < 1.29 is 9.59 Å². The van der Waals surface area contributed by atoms with Crippen molar-refractivity contribution in [2.24, 2.45) is 0 Å². The minimum absolute atomic E-state index is 0.0838. The van der Waals surface area contributed by atoms with Gasteiger partial charge in [0.15, 0.2) is 0 Å². The SMILES string of the molecule is N#Cc1cn[nH]c1NC(=O)C(=O)NC1CCCC1. The number of amides is 2. The van der Waals surface area contributed by atoms with E-state index in [-0.39, 0.29) is 17.4 Å². The molecule has 0 aliphatic heterocycles. The average molecular weight is 247 g/mol. The highest BCUT2D eigenvalue weighted by Crippen LogP contribution is 2.17. The normalized spacial score (nSPS) is 15.1. The Morgan fingerprint density at radius 3 is 2.78 bits per heavy atom. The molecule has 3 N–H and O–H groups in total. The molecule has 18 heavy (non-hydrogen) atoms. The highest BCUT2D eigenvalue weighted by atomic mass is 16.2. The van der Waals surface area contributed by atoms with Gasteiger partial charge >= 0.3 is 11.8 Å². The van der Waals surface area contributed by atoms with E-state index in [9.17, 15) is 9.59 Å². The van der Waals surface area contributed by atoms with Crippen LogP contribution in [0.4, 0.5) is 5.82 Å². The number of nitrogens with one attached hydrogen (secondary N) is 3. The van der Waals surface area contributed by atoms with Crippen molar-refractivity contribution in [3.05, 3.63) is 11.8 Å². The van der Waals surface area contributed by atoms with Crippen LogP contribution in [0.5, 0.6) is 0 Å². The molecule has 1 aliphatic rings. The largest absolute Gasteiger partial charge is 0.345 e. The first-order chi connectivity index (χ1) is 8.70. The Balaban J connectivity index is 1.91. The first-order valence-electron chi connectivity index (χ1n) is 5.76. The van der Waals surface area contributed by atoms with Crippen LogP contribution < -0.4 is 10.6 Å². The van der Waals surface area contributed by atoms with Crippen molar-refractivity contribution in [3.8, 4) is 6.07 Å². The van der Waals surface area contributed by atoms with Gasteiger partial charge < -0.3 is 10.6 Å². The smallest absolute Gasteiger partial charge is 0.314 e. The summed E-state index contributed by atoms with van der Waals surface area (Å²) >= 11 is 0. The summed E-state index contributed by atoms with van der Waals surface area (Å²) < 4.78 is 0. The Kier molecular flexibility index (Phi) is 3.57. The summed E-state index contributed by atoms with van der Waals surface area (Å²) in [5.74, 6) is -1.33.